The topological polar surface area (TPSA) is 45.7 Å². The number of halogens is 1. The van der Waals surface area contributed by atoms with Gasteiger partial charge in [-0.05, 0) is 49.8 Å². The first-order chi connectivity index (χ1) is 12.2. The number of rotatable bonds is 9. The lowest BCUT2D eigenvalue weighted by Gasteiger charge is -2.11. The van der Waals surface area contributed by atoms with Gasteiger partial charge in [-0.1, -0.05) is 30.3 Å². The van der Waals surface area contributed by atoms with Crippen LogP contribution < -0.4 is 10.6 Å². The van der Waals surface area contributed by atoms with E-state index in [1.807, 2.05) is 0 Å². The van der Waals surface area contributed by atoms with Crippen molar-refractivity contribution in [3.05, 3.63) is 57.8 Å². The molecule has 26 heavy (non-hydrogen) atoms. The Kier molecular flexibility index (Phi) is 11.6. The van der Waals surface area contributed by atoms with Gasteiger partial charge in [0.15, 0.2) is 5.96 Å². The second kappa shape index (κ2) is 13.1. The van der Waals surface area contributed by atoms with Gasteiger partial charge in [-0.15, -0.1) is 35.3 Å². The van der Waals surface area contributed by atoms with Gasteiger partial charge in [-0.3, -0.25) is 0 Å². The van der Waals surface area contributed by atoms with Crippen LogP contribution in [0, 0.1) is 0 Å². The van der Waals surface area contributed by atoms with E-state index in [1.54, 1.807) is 11.3 Å². The van der Waals surface area contributed by atoms with E-state index in [0.717, 1.165) is 25.5 Å². The average Bonchev–Trinajstić information content (AvgIpc) is 3.12. The number of benzene rings is 1. The number of nitrogens with zero attached hydrogens (tertiary/aromatic N) is 1. The Balaban J connectivity index is 0.00000338. The standard InChI is InChI=1S/C20H29N3OS.HI/c1-4-21-20(22-12-11-19-6-5-13-25-19)23-14-17-7-9-18(10-8-17)15-24-16(2)3;/h5-10,13,16H,4,11-12,14-15H2,1-3H3,(H2,21,22,23);1H. The van der Waals surface area contributed by atoms with Crippen LogP contribution in [-0.2, 0) is 24.3 Å². The molecule has 1 aromatic heterocycles. The smallest absolute Gasteiger partial charge is 0.191 e. The summed E-state index contributed by atoms with van der Waals surface area (Å²) >= 11 is 1.79. The fourth-order valence-corrected chi connectivity index (χ4v) is 2.98. The summed E-state index contributed by atoms with van der Waals surface area (Å²) in [4.78, 5) is 6.06. The van der Waals surface area contributed by atoms with E-state index >= 15 is 0 Å². The molecule has 0 fully saturated rings. The van der Waals surface area contributed by atoms with Crippen LogP contribution >= 0.6 is 35.3 Å². The van der Waals surface area contributed by atoms with Crippen molar-refractivity contribution in [3.8, 4) is 0 Å². The van der Waals surface area contributed by atoms with E-state index in [-0.39, 0.29) is 30.1 Å². The molecule has 2 aromatic rings. The lowest BCUT2D eigenvalue weighted by Crippen LogP contribution is -2.38. The molecule has 0 aliphatic carbocycles. The van der Waals surface area contributed by atoms with Crippen molar-refractivity contribution in [2.75, 3.05) is 13.1 Å². The highest BCUT2D eigenvalue weighted by atomic mass is 127. The number of nitrogens with one attached hydrogen (secondary N) is 2. The van der Waals surface area contributed by atoms with Crippen LogP contribution in [0.1, 0.15) is 36.8 Å². The van der Waals surface area contributed by atoms with Crippen molar-refractivity contribution in [3.63, 3.8) is 0 Å². The second-order valence-corrected chi connectivity index (χ2v) is 7.16. The first-order valence-electron chi connectivity index (χ1n) is 8.91. The molecule has 4 nitrogen and oxygen atoms in total. The molecule has 0 saturated carbocycles. The second-order valence-electron chi connectivity index (χ2n) is 6.13. The molecule has 6 heteroatoms. The predicted octanol–water partition coefficient (Wildman–Crippen LogP) is 4.59. The van der Waals surface area contributed by atoms with E-state index in [2.05, 4.69) is 78.2 Å². The molecule has 0 unspecified atom stereocenters. The maximum Gasteiger partial charge on any atom is 0.191 e. The molecule has 0 radical (unpaired) electrons. The summed E-state index contributed by atoms with van der Waals surface area (Å²) in [6.45, 7) is 9.26. The SMILES string of the molecule is CCNC(=NCc1ccc(COC(C)C)cc1)NCCc1cccs1.I. The minimum Gasteiger partial charge on any atom is -0.374 e. The van der Waals surface area contributed by atoms with Crippen LogP contribution in [0.15, 0.2) is 46.8 Å². The molecule has 0 spiro atoms. The highest BCUT2D eigenvalue weighted by molar-refractivity contribution is 14.0. The molecule has 2 rings (SSSR count). The van der Waals surface area contributed by atoms with Crippen LogP contribution in [-0.4, -0.2) is 25.2 Å². The molecule has 0 bridgehead atoms. The molecular weight excluding hydrogens is 457 g/mol. The highest BCUT2D eigenvalue weighted by Gasteiger charge is 2.00. The van der Waals surface area contributed by atoms with Crippen LogP contribution in [0.5, 0.6) is 0 Å². The van der Waals surface area contributed by atoms with Gasteiger partial charge in [0.25, 0.3) is 0 Å². The van der Waals surface area contributed by atoms with Crippen molar-refractivity contribution in [1.29, 1.82) is 0 Å². The van der Waals surface area contributed by atoms with Gasteiger partial charge < -0.3 is 15.4 Å². The van der Waals surface area contributed by atoms with E-state index in [0.29, 0.717) is 13.2 Å². The third-order valence-corrected chi connectivity index (χ3v) is 4.55. The van der Waals surface area contributed by atoms with Gasteiger partial charge >= 0.3 is 0 Å². The molecule has 0 amide bonds. The summed E-state index contributed by atoms with van der Waals surface area (Å²) in [6.07, 6.45) is 1.28. The number of hydrogen-bond acceptors (Lipinski definition) is 3. The Morgan fingerprint density at radius 3 is 2.46 bits per heavy atom. The number of ether oxygens (including phenoxy) is 1. The zero-order chi connectivity index (χ0) is 17.9. The van der Waals surface area contributed by atoms with Crippen molar-refractivity contribution in [2.45, 2.75) is 46.4 Å². The third kappa shape index (κ3) is 9.00. The normalized spacial score (nSPS) is 11.3. The van der Waals surface area contributed by atoms with Gasteiger partial charge in [0.2, 0.25) is 0 Å². The third-order valence-electron chi connectivity index (χ3n) is 3.61. The average molecular weight is 487 g/mol. The zero-order valence-corrected chi connectivity index (χ0v) is 19.0. The van der Waals surface area contributed by atoms with Gasteiger partial charge in [-0.2, -0.15) is 0 Å². The summed E-state index contributed by atoms with van der Waals surface area (Å²) in [6, 6.07) is 12.7. The molecule has 0 atom stereocenters. The van der Waals surface area contributed by atoms with E-state index in [1.165, 1.54) is 16.0 Å². The monoisotopic (exact) mass is 487 g/mol. The molecular formula is C20H30IN3OS. The van der Waals surface area contributed by atoms with Gasteiger partial charge in [-0.25, -0.2) is 4.99 Å². The van der Waals surface area contributed by atoms with E-state index < -0.39 is 0 Å². The summed E-state index contributed by atoms with van der Waals surface area (Å²) in [5, 5.41) is 8.81. The van der Waals surface area contributed by atoms with E-state index in [4.69, 9.17) is 4.74 Å². The lowest BCUT2D eigenvalue weighted by atomic mass is 10.1. The molecule has 1 aromatic carbocycles. The summed E-state index contributed by atoms with van der Waals surface area (Å²) in [7, 11) is 0. The summed E-state index contributed by atoms with van der Waals surface area (Å²) < 4.78 is 5.63. The fraction of sp³-hybridized carbons (Fsp3) is 0.450. The van der Waals surface area contributed by atoms with Gasteiger partial charge in [0.1, 0.15) is 0 Å². The molecule has 0 aliphatic heterocycles. The van der Waals surface area contributed by atoms with Crippen LogP contribution in [0.25, 0.3) is 0 Å². The Bertz CT molecular complexity index is 627. The van der Waals surface area contributed by atoms with Gasteiger partial charge in [0, 0.05) is 18.0 Å². The van der Waals surface area contributed by atoms with Crippen molar-refractivity contribution in [1.82, 2.24) is 10.6 Å². The Labute approximate surface area is 178 Å². The summed E-state index contributed by atoms with van der Waals surface area (Å²) in [5.41, 5.74) is 2.39. The van der Waals surface area contributed by atoms with Crippen LogP contribution in [0.2, 0.25) is 0 Å². The Morgan fingerprint density at radius 1 is 1.12 bits per heavy atom. The molecule has 2 N–H and O–H groups in total. The maximum atomic E-state index is 5.63. The van der Waals surface area contributed by atoms with Crippen LogP contribution in [0.3, 0.4) is 0 Å². The van der Waals surface area contributed by atoms with Gasteiger partial charge in [0.05, 0.1) is 19.3 Å². The Morgan fingerprint density at radius 2 is 1.85 bits per heavy atom. The number of aliphatic imine (C=N–C) groups is 1. The molecule has 1 heterocycles. The predicted molar refractivity (Wildman–Crippen MR) is 123 cm³/mol. The zero-order valence-electron chi connectivity index (χ0n) is 15.8. The lowest BCUT2D eigenvalue weighted by molar-refractivity contribution is 0.0657. The first kappa shape index (κ1) is 22.9. The van der Waals surface area contributed by atoms with Crippen molar-refractivity contribution in [2.24, 2.45) is 4.99 Å². The van der Waals surface area contributed by atoms with Crippen molar-refractivity contribution >= 4 is 41.3 Å². The number of hydrogen-bond donors (Lipinski definition) is 2. The number of thiophene rings is 1. The molecule has 0 saturated heterocycles. The quantitative estimate of drug-likeness (QED) is 0.309. The highest BCUT2D eigenvalue weighted by Crippen LogP contribution is 2.09. The molecule has 144 valence electrons. The van der Waals surface area contributed by atoms with Crippen LogP contribution in [0.4, 0.5) is 0 Å². The Hall–Kier alpha value is -1.12. The first-order valence-corrected chi connectivity index (χ1v) is 9.79. The minimum absolute atomic E-state index is 0. The largest absolute Gasteiger partial charge is 0.374 e. The van der Waals surface area contributed by atoms with E-state index in [9.17, 15) is 0 Å². The minimum atomic E-state index is 0. The maximum absolute atomic E-state index is 5.63. The van der Waals surface area contributed by atoms with Crippen molar-refractivity contribution < 1.29 is 4.74 Å². The summed E-state index contributed by atoms with van der Waals surface area (Å²) in [5.74, 6) is 0.867. The fourth-order valence-electron chi connectivity index (χ4n) is 2.27. The molecule has 0 aliphatic rings. The number of guanidine groups is 1.